The number of anilines is 2. The van der Waals surface area contributed by atoms with Crippen LogP contribution in [0.5, 0.6) is 0 Å². The fourth-order valence-corrected chi connectivity index (χ4v) is 2.60. The van der Waals surface area contributed by atoms with E-state index in [0.717, 1.165) is 11.3 Å². The number of nitrogens with zero attached hydrogens (tertiary/aromatic N) is 2. The fourth-order valence-electron chi connectivity index (χ4n) is 2.60. The van der Waals surface area contributed by atoms with Crippen molar-refractivity contribution in [3.05, 3.63) is 83.2 Å². The molecule has 1 amide bonds. The third-order valence-corrected chi connectivity index (χ3v) is 4.29. The van der Waals surface area contributed by atoms with Crippen molar-refractivity contribution >= 4 is 17.5 Å². The zero-order valence-electron chi connectivity index (χ0n) is 15.9. The highest BCUT2D eigenvalue weighted by Crippen LogP contribution is 2.17. The molecule has 0 spiro atoms. The van der Waals surface area contributed by atoms with Crippen LogP contribution < -0.4 is 10.6 Å². The number of nitrogens with one attached hydrogen (secondary N) is 2. The second-order valence-corrected chi connectivity index (χ2v) is 6.84. The number of rotatable bonds is 6. The number of carbonyl (C=O) groups excluding carboxylic acids is 1. The predicted molar refractivity (Wildman–Crippen MR) is 109 cm³/mol. The molecule has 0 aliphatic rings. The molecule has 5 nitrogen and oxygen atoms in total. The second kappa shape index (κ2) is 8.45. The van der Waals surface area contributed by atoms with Gasteiger partial charge in [0.2, 0.25) is 5.95 Å². The number of aryl methyl sites for hydroxylation is 1. The SMILES string of the molecule is Cc1ccc(CNc2nccc(C(=O)Nc3ccc(C(C)C)cc3)n2)cc1. The minimum Gasteiger partial charge on any atom is -0.350 e. The maximum Gasteiger partial charge on any atom is 0.274 e. The quantitative estimate of drug-likeness (QED) is 0.664. The van der Waals surface area contributed by atoms with Crippen LogP contribution in [-0.4, -0.2) is 15.9 Å². The first-order valence-electron chi connectivity index (χ1n) is 9.05. The molecule has 0 aliphatic carbocycles. The van der Waals surface area contributed by atoms with Crippen molar-refractivity contribution in [2.75, 3.05) is 10.6 Å². The van der Waals surface area contributed by atoms with Gasteiger partial charge in [0.25, 0.3) is 5.91 Å². The molecule has 0 saturated heterocycles. The highest BCUT2D eigenvalue weighted by atomic mass is 16.1. The molecule has 2 aromatic carbocycles. The van der Waals surface area contributed by atoms with Crippen molar-refractivity contribution in [1.82, 2.24) is 9.97 Å². The maximum absolute atomic E-state index is 12.5. The predicted octanol–water partition coefficient (Wildman–Crippen LogP) is 4.77. The van der Waals surface area contributed by atoms with Crippen molar-refractivity contribution in [2.24, 2.45) is 0 Å². The number of hydrogen-bond donors (Lipinski definition) is 2. The summed E-state index contributed by atoms with van der Waals surface area (Å²) in [5.41, 5.74) is 4.65. The molecule has 3 rings (SSSR count). The van der Waals surface area contributed by atoms with Crippen molar-refractivity contribution in [2.45, 2.75) is 33.2 Å². The van der Waals surface area contributed by atoms with Crippen molar-refractivity contribution < 1.29 is 4.79 Å². The first-order chi connectivity index (χ1) is 13.0. The van der Waals surface area contributed by atoms with E-state index in [-0.39, 0.29) is 5.91 Å². The van der Waals surface area contributed by atoms with Crippen molar-refractivity contribution in [3.63, 3.8) is 0 Å². The minimum absolute atomic E-state index is 0.256. The minimum atomic E-state index is -0.256. The molecule has 3 aromatic rings. The number of aromatic nitrogens is 2. The summed E-state index contributed by atoms with van der Waals surface area (Å²) in [4.78, 5) is 21.0. The van der Waals surface area contributed by atoms with Gasteiger partial charge in [-0.3, -0.25) is 4.79 Å². The lowest BCUT2D eigenvalue weighted by atomic mass is 10.0. The Morgan fingerprint density at radius 1 is 1.00 bits per heavy atom. The van der Waals surface area contributed by atoms with Crippen molar-refractivity contribution in [1.29, 1.82) is 0 Å². The Bertz CT molecular complexity index is 902. The number of amides is 1. The molecular weight excluding hydrogens is 336 g/mol. The van der Waals surface area contributed by atoms with Gasteiger partial charge in [0.15, 0.2) is 0 Å². The third-order valence-electron chi connectivity index (χ3n) is 4.29. The summed E-state index contributed by atoms with van der Waals surface area (Å²) in [6, 6.07) is 17.7. The summed E-state index contributed by atoms with van der Waals surface area (Å²) in [6.07, 6.45) is 1.58. The first kappa shape index (κ1) is 18.6. The highest BCUT2D eigenvalue weighted by Gasteiger charge is 2.10. The van der Waals surface area contributed by atoms with Gasteiger partial charge >= 0.3 is 0 Å². The van der Waals surface area contributed by atoms with E-state index in [9.17, 15) is 4.79 Å². The Morgan fingerprint density at radius 2 is 1.70 bits per heavy atom. The summed E-state index contributed by atoms with van der Waals surface area (Å²) in [5, 5.41) is 6.03. The van der Waals surface area contributed by atoms with E-state index in [1.807, 2.05) is 24.3 Å². The van der Waals surface area contributed by atoms with E-state index >= 15 is 0 Å². The largest absolute Gasteiger partial charge is 0.350 e. The van der Waals surface area contributed by atoms with Gasteiger partial charge in [-0.15, -0.1) is 0 Å². The molecule has 0 atom stereocenters. The fraction of sp³-hybridized carbons (Fsp3) is 0.227. The van der Waals surface area contributed by atoms with Crippen LogP contribution in [0.3, 0.4) is 0 Å². The Hall–Kier alpha value is -3.21. The summed E-state index contributed by atoms with van der Waals surface area (Å²) in [7, 11) is 0. The lowest BCUT2D eigenvalue weighted by Gasteiger charge is -2.09. The number of benzene rings is 2. The topological polar surface area (TPSA) is 66.9 Å². The monoisotopic (exact) mass is 360 g/mol. The molecule has 0 bridgehead atoms. The molecule has 0 fully saturated rings. The maximum atomic E-state index is 12.5. The van der Waals surface area contributed by atoms with E-state index < -0.39 is 0 Å². The van der Waals surface area contributed by atoms with Gasteiger partial charge in [-0.1, -0.05) is 55.8 Å². The summed E-state index contributed by atoms with van der Waals surface area (Å²) < 4.78 is 0. The molecular formula is C22H24N4O. The van der Waals surface area contributed by atoms with Crippen molar-refractivity contribution in [3.8, 4) is 0 Å². The first-order valence-corrected chi connectivity index (χ1v) is 9.05. The lowest BCUT2D eigenvalue weighted by molar-refractivity contribution is 0.102. The van der Waals surface area contributed by atoms with Crippen LogP contribution in [0.25, 0.3) is 0 Å². The molecule has 5 heteroatoms. The Labute approximate surface area is 159 Å². The van der Waals surface area contributed by atoms with E-state index in [1.54, 1.807) is 12.3 Å². The van der Waals surface area contributed by atoms with Crippen LogP contribution in [0.15, 0.2) is 60.8 Å². The lowest BCUT2D eigenvalue weighted by Crippen LogP contribution is -2.15. The van der Waals surface area contributed by atoms with E-state index in [0.29, 0.717) is 24.1 Å². The van der Waals surface area contributed by atoms with Gasteiger partial charge in [-0.25, -0.2) is 9.97 Å². The molecule has 1 aromatic heterocycles. The summed E-state index contributed by atoms with van der Waals surface area (Å²) in [6.45, 7) is 6.93. The van der Waals surface area contributed by atoms with Crippen LogP contribution >= 0.6 is 0 Å². The molecule has 0 saturated carbocycles. The van der Waals surface area contributed by atoms with E-state index in [4.69, 9.17) is 0 Å². The summed E-state index contributed by atoms with van der Waals surface area (Å²) in [5.74, 6) is 0.630. The average Bonchev–Trinajstić information content (AvgIpc) is 2.68. The Kier molecular flexibility index (Phi) is 5.81. The summed E-state index contributed by atoms with van der Waals surface area (Å²) >= 11 is 0. The normalized spacial score (nSPS) is 10.7. The molecule has 0 radical (unpaired) electrons. The van der Waals surface area contributed by atoms with Gasteiger partial charge in [-0.05, 0) is 42.2 Å². The second-order valence-electron chi connectivity index (χ2n) is 6.84. The van der Waals surface area contributed by atoms with Gasteiger partial charge in [-0.2, -0.15) is 0 Å². The number of hydrogen-bond acceptors (Lipinski definition) is 4. The standard InChI is InChI=1S/C22H24N4O/c1-15(2)18-8-10-19(11-9-18)25-21(27)20-12-13-23-22(26-20)24-14-17-6-4-16(3)5-7-17/h4-13,15H,14H2,1-3H3,(H,25,27)(H,23,24,26). The molecule has 27 heavy (non-hydrogen) atoms. The van der Waals surface area contributed by atoms with Crippen LogP contribution in [-0.2, 0) is 6.54 Å². The van der Waals surface area contributed by atoms with Crippen LogP contribution in [0.2, 0.25) is 0 Å². The molecule has 0 unspecified atom stereocenters. The smallest absolute Gasteiger partial charge is 0.274 e. The molecule has 0 aliphatic heterocycles. The van der Waals surface area contributed by atoms with Crippen LogP contribution in [0, 0.1) is 6.92 Å². The van der Waals surface area contributed by atoms with Gasteiger partial charge in [0.05, 0.1) is 0 Å². The highest BCUT2D eigenvalue weighted by molar-refractivity contribution is 6.02. The molecule has 138 valence electrons. The molecule has 2 N–H and O–H groups in total. The van der Waals surface area contributed by atoms with E-state index in [2.05, 4.69) is 65.6 Å². The Balaban J connectivity index is 1.63. The average molecular weight is 360 g/mol. The third kappa shape index (κ3) is 5.14. The van der Waals surface area contributed by atoms with Crippen LogP contribution in [0.4, 0.5) is 11.6 Å². The van der Waals surface area contributed by atoms with Crippen LogP contribution in [0.1, 0.15) is 46.9 Å². The van der Waals surface area contributed by atoms with Gasteiger partial charge in [0, 0.05) is 18.4 Å². The van der Waals surface area contributed by atoms with E-state index in [1.165, 1.54) is 11.1 Å². The van der Waals surface area contributed by atoms with Gasteiger partial charge < -0.3 is 10.6 Å². The Morgan fingerprint density at radius 3 is 2.37 bits per heavy atom. The molecule has 1 heterocycles. The zero-order valence-corrected chi connectivity index (χ0v) is 15.9. The zero-order chi connectivity index (χ0) is 19.2. The van der Waals surface area contributed by atoms with Gasteiger partial charge in [0.1, 0.15) is 5.69 Å². The number of carbonyl (C=O) groups is 1.